The highest BCUT2D eigenvalue weighted by Crippen LogP contribution is 2.39. The van der Waals surface area contributed by atoms with E-state index in [0.29, 0.717) is 68.7 Å². The monoisotopic (exact) mass is 690 g/mol. The number of fused-ring (bicyclic) bond motifs is 1. The molecule has 258 valence electrons. The fraction of sp³-hybridized carbons (Fsp3) is 0.257. The molecule has 5 rings (SSSR count). The standard InChI is InChI=1S/C27H31FN4O4S.C8H8N2O2/c1-29-20-4-6-24(21(28)15-20)36-25-7-8-31-23-16-26(37-27(23)25)22-5-3-19(18-32-22)17-30-9-10-34-13-14-35-12-11-33-2;9-8(12)6-2-1-3-7(4-6)10-5-11/h3-8,15-16,18,29-30H,9-14,17H2,1-2H3;1-5H,(H2,9,12)(H,10,11). The van der Waals surface area contributed by atoms with Gasteiger partial charge in [-0.3, -0.25) is 19.6 Å². The van der Waals surface area contributed by atoms with E-state index in [1.54, 1.807) is 56.8 Å². The molecule has 0 fully saturated rings. The van der Waals surface area contributed by atoms with Crippen molar-refractivity contribution < 1.29 is 32.9 Å². The van der Waals surface area contributed by atoms with Gasteiger partial charge in [-0.25, -0.2) is 4.39 Å². The van der Waals surface area contributed by atoms with Crippen molar-refractivity contribution in [2.75, 3.05) is 64.4 Å². The highest BCUT2D eigenvalue weighted by molar-refractivity contribution is 7.22. The zero-order chi connectivity index (χ0) is 34.8. The Hall–Kier alpha value is -4.99. The van der Waals surface area contributed by atoms with Gasteiger partial charge in [-0.1, -0.05) is 12.1 Å². The van der Waals surface area contributed by atoms with Crippen molar-refractivity contribution in [2.45, 2.75) is 6.54 Å². The van der Waals surface area contributed by atoms with Crippen LogP contribution in [-0.4, -0.2) is 76.0 Å². The van der Waals surface area contributed by atoms with Crippen molar-refractivity contribution in [3.63, 3.8) is 0 Å². The summed E-state index contributed by atoms with van der Waals surface area (Å²) in [5.41, 5.74) is 9.34. The lowest BCUT2D eigenvalue weighted by atomic mass is 10.2. The van der Waals surface area contributed by atoms with Gasteiger partial charge in [-0.15, -0.1) is 11.3 Å². The van der Waals surface area contributed by atoms with Crippen LogP contribution >= 0.6 is 11.3 Å². The Labute approximate surface area is 287 Å². The number of aromatic nitrogens is 2. The summed E-state index contributed by atoms with van der Waals surface area (Å²) >= 11 is 1.52. The number of nitrogens with two attached hydrogens (primary N) is 1. The maximum absolute atomic E-state index is 14.4. The van der Waals surface area contributed by atoms with Crippen LogP contribution in [0.5, 0.6) is 11.5 Å². The predicted octanol–water partition coefficient (Wildman–Crippen LogP) is 5.45. The third-order valence-electron chi connectivity index (χ3n) is 6.82. The Bertz CT molecular complexity index is 1790. The molecule has 0 saturated heterocycles. The van der Waals surface area contributed by atoms with Gasteiger partial charge in [0.1, 0.15) is 5.75 Å². The average Bonchev–Trinajstić information content (AvgIpc) is 3.56. The maximum atomic E-state index is 14.4. The van der Waals surface area contributed by atoms with Crippen LogP contribution in [0.3, 0.4) is 0 Å². The summed E-state index contributed by atoms with van der Waals surface area (Å²) in [6.07, 6.45) is 4.06. The number of pyridine rings is 2. The minimum absolute atomic E-state index is 0.164. The number of benzene rings is 2. The van der Waals surface area contributed by atoms with Gasteiger partial charge >= 0.3 is 0 Å². The second kappa shape index (κ2) is 19.7. The van der Waals surface area contributed by atoms with Crippen LogP contribution in [0.1, 0.15) is 15.9 Å². The highest BCUT2D eigenvalue weighted by atomic mass is 32.1. The Balaban J connectivity index is 0.000000380. The molecule has 5 N–H and O–H groups in total. The smallest absolute Gasteiger partial charge is 0.248 e. The van der Waals surface area contributed by atoms with Gasteiger partial charge in [0, 0.05) is 68.7 Å². The number of anilines is 2. The Morgan fingerprint density at radius 2 is 1.76 bits per heavy atom. The number of methoxy groups -OCH3 is 1. The molecule has 14 heteroatoms. The van der Waals surface area contributed by atoms with Crippen molar-refractivity contribution >= 4 is 45.2 Å². The fourth-order valence-electron chi connectivity index (χ4n) is 4.33. The average molecular weight is 691 g/mol. The molecule has 12 nitrogen and oxygen atoms in total. The van der Waals surface area contributed by atoms with Crippen LogP contribution in [0, 0.1) is 5.82 Å². The molecule has 3 heterocycles. The van der Waals surface area contributed by atoms with E-state index in [2.05, 4.69) is 25.9 Å². The number of rotatable bonds is 18. The van der Waals surface area contributed by atoms with Gasteiger partial charge in [-0.05, 0) is 48.0 Å². The molecule has 5 aromatic rings. The first-order valence-electron chi connectivity index (χ1n) is 15.4. The minimum Gasteiger partial charge on any atom is -0.453 e. The van der Waals surface area contributed by atoms with Gasteiger partial charge in [0.05, 0.1) is 53.8 Å². The molecule has 49 heavy (non-hydrogen) atoms. The molecular weight excluding hydrogens is 651 g/mol. The number of primary amides is 1. The molecule has 0 aliphatic rings. The number of hydrogen-bond donors (Lipinski definition) is 4. The molecule has 0 spiro atoms. The summed E-state index contributed by atoms with van der Waals surface area (Å²) in [4.78, 5) is 30.7. The lowest BCUT2D eigenvalue weighted by molar-refractivity contribution is -0.105. The summed E-state index contributed by atoms with van der Waals surface area (Å²) in [5.74, 6) is -0.221. The first kappa shape index (κ1) is 36.8. The minimum atomic E-state index is -0.510. The zero-order valence-corrected chi connectivity index (χ0v) is 28.1. The highest BCUT2D eigenvalue weighted by Gasteiger charge is 2.14. The van der Waals surface area contributed by atoms with E-state index in [4.69, 9.17) is 24.7 Å². The second-order valence-electron chi connectivity index (χ2n) is 10.3. The normalized spacial score (nSPS) is 10.7. The summed E-state index contributed by atoms with van der Waals surface area (Å²) in [6.45, 7) is 4.36. The number of amides is 2. The predicted molar refractivity (Wildman–Crippen MR) is 189 cm³/mol. The quantitative estimate of drug-likeness (QED) is 0.0688. The summed E-state index contributed by atoms with van der Waals surface area (Å²) in [6, 6.07) is 19.0. The Kier molecular flexibility index (Phi) is 14.8. The Morgan fingerprint density at radius 1 is 0.939 bits per heavy atom. The van der Waals surface area contributed by atoms with Crippen LogP contribution in [0.25, 0.3) is 20.8 Å². The Morgan fingerprint density at radius 3 is 2.47 bits per heavy atom. The van der Waals surface area contributed by atoms with Crippen LogP contribution in [-0.2, 0) is 25.5 Å². The van der Waals surface area contributed by atoms with Crippen molar-refractivity contribution in [1.29, 1.82) is 0 Å². The molecule has 0 saturated carbocycles. The van der Waals surface area contributed by atoms with Crippen LogP contribution in [0.4, 0.5) is 15.8 Å². The zero-order valence-electron chi connectivity index (χ0n) is 27.2. The second-order valence-corrected chi connectivity index (χ2v) is 11.3. The topological polar surface area (TPSA) is 159 Å². The molecule has 0 radical (unpaired) electrons. The number of nitrogens with one attached hydrogen (secondary N) is 3. The van der Waals surface area contributed by atoms with Crippen molar-refractivity contribution in [2.24, 2.45) is 5.73 Å². The third-order valence-corrected chi connectivity index (χ3v) is 7.98. The van der Waals surface area contributed by atoms with E-state index in [1.807, 2.05) is 24.4 Å². The van der Waals surface area contributed by atoms with Crippen LogP contribution in [0.15, 0.2) is 79.1 Å². The first-order valence-corrected chi connectivity index (χ1v) is 16.2. The number of hydrogen-bond acceptors (Lipinski definition) is 11. The van der Waals surface area contributed by atoms with Crippen LogP contribution in [0.2, 0.25) is 0 Å². The first-order chi connectivity index (χ1) is 23.9. The van der Waals surface area contributed by atoms with E-state index in [-0.39, 0.29) is 5.75 Å². The number of carbonyl (C=O) groups excluding carboxylic acids is 2. The largest absolute Gasteiger partial charge is 0.453 e. The van der Waals surface area contributed by atoms with Crippen molar-refractivity contribution in [1.82, 2.24) is 15.3 Å². The fourth-order valence-corrected chi connectivity index (χ4v) is 5.37. The van der Waals surface area contributed by atoms with Crippen molar-refractivity contribution in [3.8, 4) is 22.1 Å². The molecule has 0 aliphatic heterocycles. The van der Waals surface area contributed by atoms with Gasteiger partial charge in [0.15, 0.2) is 11.6 Å². The molecular formula is C35H39FN6O6S. The van der Waals surface area contributed by atoms with E-state index < -0.39 is 11.7 Å². The molecule has 2 aromatic carbocycles. The number of nitrogens with zero attached hydrogens (tertiary/aromatic N) is 2. The summed E-state index contributed by atoms with van der Waals surface area (Å²) in [7, 11) is 3.39. The third kappa shape index (κ3) is 11.6. The molecule has 0 unspecified atom stereocenters. The van der Waals surface area contributed by atoms with Crippen molar-refractivity contribution in [3.05, 3.63) is 96.1 Å². The molecule has 0 aliphatic carbocycles. The van der Waals surface area contributed by atoms with E-state index in [9.17, 15) is 14.0 Å². The number of ether oxygens (including phenoxy) is 4. The van der Waals surface area contributed by atoms with Gasteiger partial charge in [0.25, 0.3) is 0 Å². The SMILES string of the molecule is CNc1ccc(Oc2ccnc3cc(-c4ccc(CNCCOCCOCCOC)cn4)sc23)c(F)c1.NC(=O)c1cccc(NC=O)c1. The number of halogens is 1. The summed E-state index contributed by atoms with van der Waals surface area (Å²) < 4.78 is 37.0. The molecule has 3 aromatic heterocycles. The van der Waals surface area contributed by atoms with Gasteiger partial charge in [0.2, 0.25) is 12.3 Å². The maximum Gasteiger partial charge on any atom is 0.248 e. The summed E-state index contributed by atoms with van der Waals surface area (Å²) in [5, 5.41) is 8.68. The van der Waals surface area contributed by atoms with E-state index in [0.717, 1.165) is 32.9 Å². The van der Waals surface area contributed by atoms with E-state index >= 15 is 0 Å². The molecule has 0 atom stereocenters. The van der Waals surface area contributed by atoms with Gasteiger partial charge in [-0.2, -0.15) is 0 Å². The lowest BCUT2D eigenvalue weighted by Gasteiger charge is -2.09. The molecule has 2 amide bonds. The van der Waals surface area contributed by atoms with Gasteiger partial charge < -0.3 is 40.6 Å². The van der Waals surface area contributed by atoms with E-state index in [1.165, 1.54) is 23.5 Å². The van der Waals surface area contributed by atoms with Crippen LogP contribution < -0.4 is 26.4 Å². The lowest BCUT2D eigenvalue weighted by Crippen LogP contribution is -2.20. The number of carbonyl (C=O) groups is 2. The number of thiophene rings is 1. The molecule has 0 bridgehead atoms.